The second-order valence-corrected chi connectivity index (χ2v) is 6.10. The Morgan fingerprint density at radius 3 is 1.88 bits per heavy atom. The van der Waals surface area contributed by atoms with Crippen LogP contribution in [0.15, 0.2) is 48.5 Å². The topological polar surface area (TPSA) is 47.6 Å². The van der Waals surface area contributed by atoms with E-state index in [9.17, 15) is 4.79 Å². The average molecular weight is 327 g/mol. The van der Waals surface area contributed by atoms with E-state index in [0.717, 1.165) is 22.7 Å². The van der Waals surface area contributed by atoms with Gasteiger partial charge in [-0.25, -0.2) is 0 Å². The average Bonchev–Trinajstić information content (AvgIpc) is 2.60. The molecule has 0 aromatic heterocycles. The van der Waals surface area contributed by atoms with E-state index in [1.165, 1.54) is 0 Å². The Labute approximate surface area is 143 Å². The Balaban J connectivity index is 2.04. The number of methoxy groups -OCH3 is 2. The number of carbonyl (C=O) groups is 1. The monoisotopic (exact) mass is 327 g/mol. The SMILES string of the molecule is COc1ccc(NC(=O)C[C@@H](c2ccc(OC)cc2)C(C)C)cc1. The zero-order valence-corrected chi connectivity index (χ0v) is 14.7. The van der Waals surface area contributed by atoms with Crippen LogP contribution in [0.3, 0.4) is 0 Å². The summed E-state index contributed by atoms with van der Waals surface area (Å²) in [6, 6.07) is 15.3. The lowest BCUT2D eigenvalue weighted by Gasteiger charge is -2.21. The highest BCUT2D eigenvalue weighted by atomic mass is 16.5. The molecule has 1 atom stereocenters. The fourth-order valence-electron chi connectivity index (χ4n) is 2.68. The predicted molar refractivity (Wildman–Crippen MR) is 96.8 cm³/mol. The molecule has 0 spiro atoms. The molecule has 0 saturated heterocycles. The zero-order valence-electron chi connectivity index (χ0n) is 14.7. The lowest BCUT2D eigenvalue weighted by molar-refractivity contribution is -0.116. The Hall–Kier alpha value is -2.49. The summed E-state index contributed by atoms with van der Waals surface area (Å²) in [5.41, 5.74) is 1.92. The van der Waals surface area contributed by atoms with Crippen LogP contribution in [0.2, 0.25) is 0 Å². The van der Waals surface area contributed by atoms with Crippen LogP contribution in [0.25, 0.3) is 0 Å². The molecule has 0 heterocycles. The summed E-state index contributed by atoms with van der Waals surface area (Å²) >= 11 is 0. The highest BCUT2D eigenvalue weighted by Gasteiger charge is 2.20. The van der Waals surface area contributed by atoms with Gasteiger partial charge in [-0.2, -0.15) is 0 Å². The number of benzene rings is 2. The minimum atomic E-state index is 0.00897. The van der Waals surface area contributed by atoms with Crippen LogP contribution in [0.5, 0.6) is 11.5 Å². The minimum absolute atomic E-state index is 0.00897. The Morgan fingerprint density at radius 2 is 1.42 bits per heavy atom. The van der Waals surface area contributed by atoms with E-state index in [4.69, 9.17) is 9.47 Å². The van der Waals surface area contributed by atoms with Crippen LogP contribution >= 0.6 is 0 Å². The van der Waals surface area contributed by atoms with Gasteiger partial charge in [0.2, 0.25) is 5.91 Å². The second kappa shape index (κ2) is 8.39. The first-order valence-electron chi connectivity index (χ1n) is 8.11. The normalized spacial score (nSPS) is 11.9. The number of hydrogen-bond acceptors (Lipinski definition) is 3. The molecular formula is C20H25NO3. The quantitative estimate of drug-likeness (QED) is 0.816. The number of nitrogens with one attached hydrogen (secondary N) is 1. The van der Waals surface area contributed by atoms with Gasteiger partial charge in [0.25, 0.3) is 0 Å². The van der Waals surface area contributed by atoms with Crippen molar-refractivity contribution in [2.75, 3.05) is 19.5 Å². The minimum Gasteiger partial charge on any atom is -0.497 e. The molecule has 1 N–H and O–H groups in total. The molecule has 0 saturated carbocycles. The van der Waals surface area contributed by atoms with Crippen molar-refractivity contribution in [3.8, 4) is 11.5 Å². The third-order valence-electron chi connectivity index (χ3n) is 4.13. The summed E-state index contributed by atoms with van der Waals surface area (Å²) in [6.07, 6.45) is 0.441. The van der Waals surface area contributed by atoms with Gasteiger partial charge in [-0.05, 0) is 53.8 Å². The van der Waals surface area contributed by atoms with Gasteiger partial charge in [-0.3, -0.25) is 4.79 Å². The maximum atomic E-state index is 12.4. The lowest BCUT2D eigenvalue weighted by Crippen LogP contribution is -2.18. The largest absolute Gasteiger partial charge is 0.497 e. The van der Waals surface area contributed by atoms with Gasteiger partial charge in [0.05, 0.1) is 14.2 Å². The zero-order chi connectivity index (χ0) is 17.5. The molecule has 4 nitrogen and oxygen atoms in total. The van der Waals surface area contributed by atoms with Crippen molar-refractivity contribution in [3.63, 3.8) is 0 Å². The molecule has 0 radical (unpaired) electrons. The van der Waals surface area contributed by atoms with Crippen LogP contribution in [-0.2, 0) is 4.79 Å². The maximum Gasteiger partial charge on any atom is 0.224 e. The summed E-state index contributed by atoms with van der Waals surface area (Å²) < 4.78 is 10.3. The van der Waals surface area contributed by atoms with Gasteiger partial charge in [0.1, 0.15) is 11.5 Å². The van der Waals surface area contributed by atoms with Gasteiger partial charge in [-0.15, -0.1) is 0 Å². The number of carbonyl (C=O) groups excluding carboxylic acids is 1. The molecule has 2 rings (SSSR count). The molecule has 128 valence electrons. The van der Waals surface area contributed by atoms with Crippen molar-refractivity contribution < 1.29 is 14.3 Å². The predicted octanol–water partition coefficient (Wildman–Crippen LogP) is 4.47. The van der Waals surface area contributed by atoms with Gasteiger partial charge in [0, 0.05) is 12.1 Å². The van der Waals surface area contributed by atoms with Crippen LogP contribution in [0, 0.1) is 5.92 Å². The van der Waals surface area contributed by atoms with Crippen LogP contribution in [0.4, 0.5) is 5.69 Å². The third kappa shape index (κ3) is 4.75. The summed E-state index contributed by atoms with van der Waals surface area (Å²) in [7, 11) is 3.27. The summed E-state index contributed by atoms with van der Waals surface area (Å²) in [5, 5.41) is 2.95. The van der Waals surface area contributed by atoms with Crippen LogP contribution in [0.1, 0.15) is 31.7 Å². The molecule has 2 aromatic rings. The molecule has 24 heavy (non-hydrogen) atoms. The molecule has 0 unspecified atom stereocenters. The first kappa shape index (κ1) is 17.9. The van der Waals surface area contributed by atoms with Crippen molar-refractivity contribution in [3.05, 3.63) is 54.1 Å². The molecule has 0 fully saturated rings. The van der Waals surface area contributed by atoms with E-state index in [1.54, 1.807) is 14.2 Å². The van der Waals surface area contributed by atoms with E-state index in [1.807, 2.05) is 48.5 Å². The first-order valence-corrected chi connectivity index (χ1v) is 8.11. The van der Waals surface area contributed by atoms with Gasteiger partial charge in [0.15, 0.2) is 0 Å². The standard InChI is InChI=1S/C20H25NO3/c1-14(2)19(15-5-9-17(23-3)10-6-15)13-20(22)21-16-7-11-18(24-4)12-8-16/h5-12,14,19H,13H2,1-4H3,(H,21,22)/t19-/m1/s1. The van der Waals surface area contributed by atoms with Crippen molar-refractivity contribution >= 4 is 11.6 Å². The number of anilines is 1. The van der Waals surface area contributed by atoms with Crippen molar-refractivity contribution in [2.24, 2.45) is 5.92 Å². The number of hydrogen-bond donors (Lipinski definition) is 1. The molecule has 0 aliphatic carbocycles. The van der Waals surface area contributed by atoms with E-state index in [2.05, 4.69) is 19.2 Å². The van der Waals surface area contributed by atoms with Crippen molar-refractivity contribution in [1.82, 2.24) is 0 Å². The number of amides is 1. The smallest absolute Gasteiger partial charge is 0.224 e. The lowest BCUT2D eigenvalue weighted by atomic mass is 9.85. The van der Waals surface area contributed by atoms with Crippen LogP contribution in [-0.4, -0.2) is 20.1 Å². The van der Waals surface area contributed by atoms with E-state index in [0.29, 0.717) is 12.3 Å². The van der Waals surface area contributed by atoms with E-state index in [-0.39, 0.29) is 11.8 Å². The maximum absolute atomic E-state index is 12.4. The molecule has 0 bridgehead atoms. The summed E-state index contributed by atoms with van der Waals surface area (Å²) in [6.45, 7) is 4.27. The second-order valence-electron chi connectivity index (χ2n) is 6.10. The first-order chi connectivity index (χ1) is 11.5. The van der Waals surface area contributed by atoms with E-state index < -0.39 is 0 Å². The molecule has 4 heteroatoms. The number of ether oxygens (including phenoxy) is 2. The Bertz CT molecular complexity index is 648. The van der Waals surface area contributed by atoms with E-state index >= 15 is 0 Å². The molecule has 0 aliphatic heterocycles. The third-order valence-corrected chi connectivity index (χ3v) is 4.13. The fraction of sp³-hybridized carbons (Fsp3) is 0.350. The van der Waals surface area contributed by atoms with Crippen LogP contribution < -0.4 is 14.8 Å². The van der Waals surface area contributed by atoms with Gasteiger partial charge in [-0.1, -0.05) is 26.0 Å². The Kier molecular flexibility index (Phi) is 6.24. The van der Waals surface area contributed by atoms with Gasteiger partial charge < -0.3 is 14.8 Å². The molecule has 2 aromatic carbocycles. The molecular weight excluding hydrogens is 302 g/mol. The fourth-order valence-corrected chi connectivity index (χ4v) is 2.68. The molecule has 1 amide bonds. The van der Waals surface area contributed by atoms with Crippen molar-refractivity contribution in [2.45, 2.75) is 26.2 Å². The highest BCUT2D eigenvalue weighted by Crippen LogP contribution is 2.29. The van der Waals surface area contributed by atoms with Gasteiger partial charge >= 0.3 is 0 Å². The molecule has 0 aliphatic rings. The summed E-state index contributed by atoms with van der Waals surface area (Å²) in [5.74, 6) is 2.12. The highest BCUT2D eigenvalue weighted by molar-refractivity contribution is 5.91. The Morgan fingerprint density at radius 1 is 0.917 bits per heavy atom. The van der Waals surface area contributed by atoms with Crippen molar-refractivity contribution in [1.29, 1.82) is 0 Å². The summed E-state index contributed by atoms with van der Waals surface area (Å²) in [4.78, 5) is 12.4. The number of rotatable bonds is 7.